The molecule has 0 atom stereocenters. The number of rotatable bonds is 2. The molecule has 3 nitrogen and oxygen atoms in total. The molecule has 1 saturated carbocycles. The Morgan fingerprint density at radius 1 is 1.38 bits per heavy atom. The van der Waals surface area contributed by atoms with Crippen molar-refractivity contribution in [3.05, 3.63) is 23.8 Å². The molecule has 0 radical (unpaired) electrons. The molecular formula is C13H20N2O. The number of aliphatic hydroxyl groups is 1. The van der Waals surface area contributed by atoms with E-state index in [1.165, 1.54) is 25.7 Å². The molecular weight excluding hydrogens is 200 g/mol. The maximum absolute atomic E-state index is 9.05. The maximum atomic E-state index is 9.05. The van der Waals surface area contributed by atoms with Gasteiger partial charge in [0, 0.05) is 12.1 Å². The van der Waals surface area contributed by atoms with Gasteiger partial charge in [-0.2, -0.15) is 0 Å². The lowest BCUT2D eigenvalue weighted by atomic mass is 9.73. The lowest BCUT2D eigenvalue weighted by Crippen LogP contribution is -2.21. The van der Waals surface area contributed by atoms with Crippen LogP contribution in [0.3, 0.4) is 0 Å². The summed E-state index contributed by atoms with van der Waals surface area (Å²) in [5.41, 5.74) is 1.21. The number of nitrogens with zero attached hydrogens (tertiary/aromatic N) is 2. The molecule has 2 rings (SSSR count). The third-order valence-electron chi connectivity index (χ3n) is 3.60. The van der Waals surface area contributed by atoms with Crippen molar-refractivity contribution in [3.8, 4) is 0 Å². The fraction of sp³-hybridized carbons (Fsp3) is 0.692. The van der Waals surface area contributed by atoms with Crippen molar-refractivity contribution < 1.29 is 5.11 Å². The quantitative estimate of drug-likeness (QED) is 0.833. The molecule has 1 heterocycles. The van der Waals surface area contributed by atoms with Gasteiger partial charge in [0.1, 0.15) is 5.82 Å². The lowest BCUT2D eigenvalue weighted by Gasteiger charge is -2.33. The highest BCUT2D eigenvalue weighted by molar-refractivity contribution is 5.06. The van der Waals surface area contributed by atoms with Gasteiger partial charge in [-0.3, -0.25) is 0 Å². The summed E-state index contributed by atoms with van der Waals surface area (Å²) in [5.74, 6) is 1.40. The second kappa shape index (κ2) is 4.50. The van der Waals surface area contributed by atoms with Gasteiger partial charge >= 0.3 is 0 Å². The molecule has 0 aromatic carbocycles. The Kier molecular flexibility index (Phi) is 3.24. The molecule has 0 aliphatic heterocycles. The first kappa shape index (κ1) is 11.5. The fourth-order valence-corrected chi connectivity index (χ4v) is 2.36. The van der Waals surface area contributed by atoms with Crippen molar-refractivity contribution in [2.24, 2.45) is 5.41 Å². The van der Waals surface area contributed by atoms with Crippen LogP contribution in [-0.2, 0) is 6.61 Å². The second-order valence-electron chi connectivity index (χ2n) is 5.50. The van der Waals surface area contributed by atoms with Gasteiger partial charge in [0.25, 0.3) is 0 Å². The van der Waals surface area contributed by atoms with E-state index in [0.717, 1.165) is 11.5 Å². The molecule has 1 aliphatic rings. The molecule has 1 aliphatic carbocycles. The van der Waals surface area contributed by atoms with Gasteiger partial charge in [0.15, 0.2) is 0 Å². The highest BCUT2D eigenvalue weighted by atomic mass is 16.3. The van der Waals surface area contributed by atoms with E-state index in [-0.39, 0.29) is 6.61 Å². The van der Waals surface area contributed by atoms with Crippen molar-refractivity contribution in [3.63, 3.8) is 0 Å². The van der Waals surface area contributed by atoms with Crippen LogP contribution >= 0.6 is 0 Å². The zero-order chi connectivity index (χ0) is 11.6. The Labute approximate surface area is 96.9 Å². The van der Waals surface area contributed by atoms with Crippen molar-refractivity contribution in [1.29, 1.82) is 0 Å². The van der Waals surface area contributed by atoms with Crippen LogP contribution in [0.25, 0.3) is 0 Å². The van der Waals surface area contributed by atoms with Crippen LogP contribution in [0.4, 0.5) is 0 Å². The van der Waals surface area contributed by atoms with E-state index >= 15 is 0 Å². The predicted octanol–water partition coefficient (Wildman–Crippen LogP) is 2.65. The van der Waals surface area contributed by atoms with Crippen molar-refractivity contribution in [1.82, 2.24) is 9.97 Å². The summed E-state index contributed by atoms with van der Waals surface area (Å²) in [5, 5.41) is 9.05. The highest BCUT2D eigenvalue weighted by Gasteiger charge is 2.28. The Balaban J connectivity index is 2.08. The van der Waals surface area contributed by atoms with Gasteiger partial charge in [0.2, 0.25) is 0 Å². The molecule has 1 aromatic rings. The van der Waals surface area contributed by atoms with Gasteiger partial charge in [-0.1, -0.05) is 13.8 Å². The van der Waals surface area contributed by atoms with Gasteiger partial charge in [-0.15, -0.1) is 0 Å². The summed E-state index contributed by atoms with van der Waals surface area (Å²) in [6.07, 6.45) is 6.58. The van der Waals surface area contributed by atoms with Gasteiger partial charge in [0.05, 0.1) is 12.3 Å². The van der Waals surface area contributed by atoms with Crippen LogP contribution in [-0.4, -0.2) is 15.1 Å². The first-order valence-electron chi connectivity index (χ1n) is 6.03. The average molecular weight is 220 g/mol. The summed E-state index contributed by atoms with van der Waals surface area (Å²) in [6.45, 7) is 4.66. The number of aromatic nitrogens is 2. The highest BCUT2D eigenvalue weighted by Crippen LogP contribution is 2.41. The standard InChI is InChI=1S/C13H20N2O/c1-13(2)6-3-10(4-7-13)12-14-8-5-11(9-16)15-12/h5,8,10,16H,3-4,6-7,9H2,1-2H3. The zero-order valence-electron chi connectivity index (χ0n) is 10.1. The number of hydrogen-bond donors (Lipinski definition) is 1. The second-order valence-corrected chi connectivity index (χ2v) is 5.50. The molecule has 0 unspecified atom stereocenters. The minimum Gasteiger partial charge on any atom is -0.390 e. The molecule has 16 heavy (non-hydrogen) atoms. The largest absolute Gasteiger partial charge is 0.390 e. The average Bonchev–Trinajstić information content (AvgIpc) is 2.29. The molecule has 0 saturated heterocycles. The number of hydrogen-bond acceptors (Lipinski definition) is 3. The van der Waals surface area contributed by atoms with Crippen molar-refractivity contribution in [2.45, 2.75) is 52.1 Å². The van der Waals surface area contributed by atoms with Gasteiger partial charge < -0.3 is 5.11 Å². The first-order valence-corrected chi connectivity index (χ1v) is 6.03. The summed E-state index contributed by atoms with van der Waals surface area (Å²) in [6, 6.07) is 1.77. The normalized spacial score (nSPS) is 20.9. The van der Waals surface area contributed by atoms with E-state index < -0.39 is 0 Å². The summed E-state index contributed by atoms with van der Waals surface area (Å²) < 4.78 is 0. The molecule has 3 heteroatoms. The van der Waals surface area contributed by atoms with E-state index in [4.69, 9.17) is 5.11 Å². The van der Waals surface area contributed by atoms with Gasteiger partial charge in [-0.25, -0.2) is 9.97 Å². The predicted molar refractivity (Wildman–Crippen MR) is 62.9 cm³/mol. The van der Waals surface area contributed by atoms with E-state index in [0.29, 0.717) is 11.3 Å². The molecule has 1 N–H and O–H groups in total. The smallest absolute Gasteiger partial charge is 0.131 e. The van der Waals surface area contributed by atoms with Crippen LogP contribution in [0.1, 0.15) is 57.0 Å². The monoisotopic (exact) mass is 220 g/mol. The van der Waals surface area contributed by atoms with Crippen LogP contribution in [0.5, 0.6) is 0 Å². The molecule has 88 valence electrons. The van der Waals surface area contributed by atoms with Crippen LogP contribution in [0.2, 0.25) is 0 Å². The third kappa shape index (κ3) is 2.59. The Hall–Kier alpha value is -0.960. The third-order valence-corrected chi connectivity index (χ3v) is 3.60. The van der Waals surface area contributed by atoms with Crippen molar-refractivity contribution >= 4 is 0 Å². The Morgan fingerprint density at radius 3 is 2.69 bits per heavy atom. The molecule has 0 amide bonds. The fourth-order valence-electron chi connectivity index (χ4n) is 2.36. The Morgan fingerprint density at radius 2 is 2.06 bits per heavy atom. The molecule has 1 fully saturated rings. The summed E-state index contributed by atoms with van der Waals surface area (Å²) >= 11 is 0. The van der Waals surface area contributed by atoms with Crippen LogP contribution in [0.15, 0.2) is 12.3 Å². The van der Waals surface area contributed by atoms with E-state index in [1.807, 2.05) is 0 Å². The van der Waals surface area contributed by atoms with E-state index in [9.17, 15) is 0 Å². The zero-order valence-corrected chi connectivity index (χ0v) is 10.1. The topological polar surface area (TPSA) is 46.0 Å². The molecule has 1 aromatic heterocycles. The first-order chi connectivity index (χ1) is 7.61. The van der Waals surface area contributed by atoms with E-state index in [2.05, 4.69) is 23.8 Å². The molecule has 0 spiro atoms. The van der Waals surface area contributed by atoms with Crippen LogP contribution in [0, 0.1) is 5.41 Å². The van der Waals surface area contributed by atoms with E-state index in [1.54, 1.807) is 12.3 Å². The van der Waals surface area contributed by atoms with Crippen LogP contribution < -0.4 is 0 Å². The molecule has 0 bridgehead atoms. The summed E-state index contributed by atoms with van der Waals surface area (Å²) in [7, 11) is 0. The Bertz CT molecular complexity index is 353. The number of aliphatic hydroxyl groups excluding tert-OH is 1. The van der Waals surface area contributed by atoms with Crippen molar-refractivity contribution in [2.75, 3.05) is 0 Å². The SMILES string of the molecule is CC1(C)CCC(c2nccc(CO)n2)CC1. The minimum atomic E-state index is 0.00767. The van der Waals surface area contributed by atoms with Gasteiger partial charge in [-0.05, 0) is 37.2 Å². The lowest BCUT2D eigenvalue weighted by molar-refractivity contribution is 0.219. The summed E-state index contributed by atoms with van der Waals surface area (Å²) in [4.78, 5) is 8.74. The minimum absolute atomic E-state index is 0.00767. The maximum Gasteiger partial charge on any atom is 0.131 e.